The summed E-state index contributed by atoms with van der Waals surface area (Å²) in [5.41, 5.74) is 4.81. The molecule has 2 rings (SSSR count). The highest BCUT2D eigenvalue weighted by Crippen LogP contribution is 2.20. The Labute approximate surface area is 87.9 Å². The molecule has 5 nitrogen and oxygen atoms in total. The van der Waals surface area contributed by atoms with Crippen molar-refractivity contribution >= 4 is 5.91 Å². The van der Waals surface area contributed by atoms with Crippen molar-refractivity contribution < 1.29 is 18.1 Å². The molecule has 82 valence electrons. The van der Waals surface area contributed by atoms with E-state index in [9.17, 15) is 13.6 Å². The zero-order valence-electron chi connectivity index (χ0n) is 7.78. The van der Waals surface area contributed by atoms with Gasteiger partial charge in [-0.3, -0.25) is 4.79 Å². The molecule has 0 fully saturated rings. The minimum Gasteiger partial charge on any atom is -0.361 e. The number of hydrogen-bond donors (Lipinski definition) is 1. The van der Waals surface area contributed by atoms with E-state index in [1.165, 1.54) is 0 Å². The second-order valence-electron chi connectivity index (χ2n) is 2.91. The summed E-state index contributed by atoms with van der Waals surface area (Å²) in [6, 6.07) is 2.86. The molecule has 0 bridgehead atoms. The number of amides is 1. The van der Waals surface area contributed by atoms with Crippen molar-refractivity contribution in [3.05, 3.63) is 35.7 Å². The summed E-state index contributed by atoms with van der Waals surface area (Å²) in [5, 5.41) is 3.35. The molecule has 1 aromatic carbocycles. The lowest BCUT2D eigenvalue weighted by molar-refractivity contribution is 0.0958. The Morgan fingerprint density at radius 1 is 1.38 bits per heavy atom. The molecule has 0 spiro atoms. The molecule has 0 saturated carbocycles. The van der Waals surface area contributed by atoms with Crippen LogP contribution >= 0.6 is 0 Å². The van der Waals surface area contributed by atoms with E-state index in [-0.39, 0.29) is 11.4 Å². The van der Waals surface area contributed by atoms with Gasteiger partial charge in [-0.1, -0.05) is 5.16 Å². The minimum atomic E-state index is -0.915. The fourth-order valence-electron chi connectivity index (χ4n) is 1.10. The van der Waals surface area contributed by atoms with Crippen molar-refractivity contribution in [3.8, 4) is 11.4 Å². The first-order valence-electron chi connectivity index (χ1n) is 4.17. The molecule has 0 aliphatic carbocycles. The second-order valence-corrected chi connectivity index (χ2v) is 2.91. The summed E-state index contributed by atoms with van der Waals surface area (Å²) in [6.07, 6.45) is 0. The fraction of sp³-hybridized carbons (Fsp3) is 0. The van der Waals surface area contributed by atoms with Crippen molar-refractivity contribution in [1.29, 1.82) is 0 Å². The van der Waals surface area contributed by atoms with Gasteiger partial charge in [0.25, 0.3) is 0 Å². The van der Waals surface area contributed by atoms with Gasteiger partial charge in [0.15, 0.2) is 0 Å². The molecule has 16 heavy (non-hydrogen) atoms. The molecule has 0 saturated heterocycles. The maximum atomic E-state index is 13.3. The van der Waals surface area contributed by atoms with Crippen molar-refractivity contribution in [2.24, 2.45) is 5.73 Å². The minimum absolute atomic E-state index is 0.0716. The van der Waals surface area contributed by atoms with E-state index in [1.54, 1.807) is 0 Å². The SMILES string of the molecule is NC(=O)c1nc(-c2ccc(F)cc2F)no1. The maximum absolute atomic E-state index is 13.3. The molecule has 7 heteroatoms. The number of halogens is 2. The lowest BCUT2D eigenvalue weighted by Gasteiger charge is -1.96. The Kier molecular flexibility index (Phi) is 2.35. The van der Waals surface area contributed by atoms with Gasteiger partial charge in [-0.05, 0) is 12.1 Å². The molecule has 1 aromatic heterocycles. The third kappa shape index (κ3) is 1.74. The highest BCUT2D eigenvalue weighted by molar-refractivity contribution is 5.88. The number of benzene rings is 1. The Hall–Kier alpha value is -2.31. The monoisotopic (exact) mass is 225 g/mol. The highest BCUT2D eigenvalue weighted by Gasteiger charge is 2.15. The van der Waals surface area contributed by atoms with Crippen LogP contribution in [-0.4, -0.2) is 16.0 Å². The Morgan fingerprint density at radius 3 is 2.69 bits per heavy atom. The number of hydrogen-bond acceptors (Lipinski definition) is 4. The third-order valence-corrected chi connectivity index (χ3v) is 1.81. The Balaban J connectivity index is 2.46. The van der Waals surface area contributed by atoms with E-state index in [0.29, 0.717) is 6.07 Å². The summed E-state index contributed by atoms with van der Waals surface area (Å²) in [4.78, 5) is 14.2. The van der Waals surface area contributed by atoms with Crippen LogP contribution in [0.25, 0.3) is 11.4 Å². The first-order valence-corrected chi connectivity index (χ1v) is 4.17. The highest BCUT2D eigenvalue weighted by atomic mass is 19.1. The van der Waals surface area contributed by atoms with Gasteiger partial charge in [0.1, 0.15) is 11.6 Å². The summed E-state index contributed by atoms with van der Waals surface area (Å²) in [7, 11) is 0. The lowest BCUT2D eigenvalue weighted by Crippen LogP contribution is -2.11. The zero-order valence-corrected chi connectivity index (χ0v) is 7.78. The predicted molar refractivity (Wildman–Crippen MR) is 48.2 cm³/mol. The van der Waals surface area contributed by atoms with Crippen LogP contribution in [0.15, 0.2) is 22.7 Å². The van der Waals surface area contributed by atoms with Crippen LogP contribution in [0.3, 0.4) is 0 Å². The van der Waals surface area contributed by atoms with Crippen molar-refractivity contribution in [1.82, 2.24) is 10.1 Å². The molecule has 0 radical (unpaired) electrons. The average molecular weight is 225 g/mol. The van der Waals surface area contributed by atoms with Crippen LogP contribution < -0.4 is 5.73 Å². The van der Waals surface area contributed by atoms with E-state index >= 15 is 0 Å². The van der Waals surface area contributed by atoms with Gasteiger partial charge >= 0.3 is 11.8 Å². The van der Waals surface area contributed by atoms with Crippen molar-refractivity contribution in [2.75, 3.05) is 0 Å². The van der Waals surface area contributed by atoms with Crippen molar-refractivity contribution in [2.45, 2.75) is 0 Å². The third-order valence-electron chi connectivity index (χ3n) is 1.81. The van der Waals surface area contributed by atoms with Crippen LogP contribution in [0.2, 0.25) is 0 Å². The standard InChI is InChI=1S/C9H5F2N3O2/c10-4-1-2-5(6(11)3-4)8-13-9(7(12)15)16-14-8/h1-3H,(H2,12,15). The van der Waals surface area contributed by atoms with E-state index in [4.69, 9.17) is 5.73 Å². The number of aromatic nitrogens is 2. The molecule has 0 atom stereocenters. The van der Waals surface area contributed by atoms with Gasteiger partial charge in [-0.15, -0.1) is 0 Å². The maximum Gasteiger partial charge on any atom is 0.316 e. The molecule has 1 heterocycles. The summed E-state index contributed by atoms with van der Waals surface area (Å²) in [5.74, 6) is -3.08. The van der Waals surface area contributed by atoms with Crippen LogP contribution in [0.5, 0.6) is 0 Å². The van der Waals surface area contributed by atoms with Crippen LogP contribution in [0.4, 0.5) is 8.78 Å². The zero-order chi connectivity index (χ0) is 11.7. The largest absolute Gasteiger partial charge is 0.361 e. The van der Waals surface area contributed by atoms with Crippen LogP contribution in [0, 0.1) is 11.6 Å². The van der Waals surface area contributed by atoms with Crippen LogP contribution in [0.1, 0.15) is 10.7 Å². The number of primary amides is 1. The Bertz CT molecular complexity index is 553. The molecule has 0 aliphatic heterocycles. The topological polar surface area (TPSA) is 82.0 Å². The summed E-state index contributed by atoms with van der Waals surface area (Å²) in [6.45, 7) is 0. The number of carbonyl (C=O) groups excluding carboxylic acids is 1. The van der Waals surface area contributed by atoms with Gasteiger partial charge in [0.2, 0.25) is 5.82 Å². The van der Waals surface area contributed by atoms with Crippen molar-refractivity contribution in [3.63, 3.8) is 0 Å². The number of nitrogens with two attached hydrogens (primary N) is 1. The molecule has 0 unspecified atom stereocenters. The van der Waals surface area contributed by atoms with E-state index in [2.05, 4.69) is 14.7 Å². The first kappa shape index (κ1) is 10.2. The smallest absolute Gasteiger partial charge is 0.316 e. The molecular weight excluding hydrogens is 220 g/mol. The van der Waals surface area contributed by atoms with Gasteiger partial charge in [0, 0.05) is 6.07 Å². The van der Waals surface area contributed by atoms with Gasteiger partial charge < -0.3 is 10.3 Å². The quantitative estimate of drug-likeness (QED) is 0.829. The van der Waals surface area contributed by atoms with E-state index in [0.717, 1.165) is 12.1 Å². The first-order chi connectivity index (χ1) is 7.58. The van der Waals surface area contributed by atoms with Gasteiger partial charge in [-0.25, -0.2) is 8.78 Å². The van der Waals surface area contributed by atoms with E-state index < -0.39 is 23.4 Å². The van der Waals surface area contributed by atoms with Gasteiger partial charge in [0.05, 0.1) is 5.56 Å². The van der Waals surface area contributed by atoms with Crippen LogP contribution in [-0.2, 0) is 0 Å². The summed E-state index contributed by atoms with van der Waals surface area (Å²) < 4.78 is 30.4. The summed E-state index contributed by atoms with van der Waals surface area (Å²) >= 11 is 0. The lowest BCUT2D eigenvalue weighted by atomic mass is 10.2. The van der Waals surface area contributed by atoms with Gasteiger partial charge in [-0.2, -0.15) is 4.98 Å². The molecule has 1 amide bonds. The molecule has 0 aliphatic rings. The number of nitrogens with zero attached hydrogens (tertiary/aromatic N) is 2. The molecule has 2 N–H and O–H groups in total. The predicted octanol–water partition coefficient (Wildman–Crippen LogP) is 1.11. The molecular formula is C9H5F2N3O2. The second kappa shape index (κ2) is 3.69. The molecule has 2 aromatic rings. The number of rotatable bonds is 2. The average Bonchev–Trinajstić information content (AvgIpc) is 2.66. The Morgan fingerprint density at radius 2 is 2.12 bits per heavy atom. The van der Waals surface area contributed by atoms with E-state index in [1.807, 2.05) is 0 Å². The fourth-order valence-corrected chi connectivity index (χ4v) is 1.10. The number of carbonyl (C=O) groups is 1. The normalized spacial score (nSPS) is 10.4.